The molecule has 0 atom stereocenters. The summed E-state index contributed by atoms with van der Waals surface area (Å²) in [5.41, 5.74) is 2.93. The Hall–Kier alpha value is -4.38. The van der Waals surface area contributed by atoms with Gasteiger partial charge in [0.25, 0.3) is 0 Å². The second-order valence-electron chi connectivity index (χ2n) is 14.2. The molecule has 0 aliphatic heterocycles. The molecule has 50 heavy (non-hydrogen) atoms. The molecule has 0 saturated heterocycles. The van der Waals surface area contributed by atoms with Gasteiger partial charge in [-0.2, -0.15) is 0 Å². The van der Waals surface area contributed by atoms with Crippen molar-refractivity contribution in [1.82, 2.24) is 0 Å². The highest BCUT2D eigenvalue weighted by Crippen LogP contribution is 2.59. The highest BCUT2D eigenvalue weighted by Gasteiger charge is 2.48. The van der Waals surface area contributed by atoms with Crippen molar-refractivity contribution in [3.05, 3.63) is 211 Å². The fourth-order valence-electron chi connectivity index (χ4n) is 7.62. The zero-order valence-corrected chi connectivity index (χ0v) is 32.2. The van der Waals surface area contributed by atoms with Crippen molar-refractivity contribution in [2.75, 3.05) is 0 Å². The minimum absolute atomic E-state index is 0.985. The molecule has 0 aliphatic rings. The summed E-state index contributed by atoms with van der Waals surface area (Å²) in [5.74, 6) is 0. The molecular weight excluding hydrogens is 655 g/mol. The number of hydrogen-bond acceptors (Lipinski definition) is 0. The van der Waals surface area contributed by atoms with E-state index in [0.717, 1.165) is 12.3 Å². The fraction of sp³-hybridized carbons (Fsp3) is 0.106. The second kappa shape index (κ2) is 14.8. The zero-order chi connectivity index (χ0) is 34.4. The molecule has 3 heteroatoms. The van der Waals surface area contributed by atoms with Gasteiger partial charge in [0.05, 0.1) is 20.4 Å². The van der Waals surface area contributed by atoms with Crippen molar-refractivity contribution in [3.63, 3.8) is 0 Å². The molecule has 7 aromatic rings. The lowest BCUT2D eigenvalue weighted by Crippen LogP contribution is -2.42. The van der Waals surface area contributed by atoms with Crippen LogP contribution in [0.1, 0.15) is 11.1 Å². The van der Waals surface area contributed by atoms with Crippen LogP contribution in [-0.4, -0.2) is 8.07 Å². The third kappa shape index (κ3) is 6.71. The van der Waals surface area contributed by atoms with Crippen LogP contribution in [0.2, 0.25) is 19.6 Å². The van der Waals surface area contributed by atoms with Crippen molar-refractivity contribution in [2.24, 2.45) is 0 Å². The van der Waals surface area contributed by atoms with Gasteiger partial charge in [-0.3, -0.25) is 0 Å². The van der Waals surface area contributed by atoms with Crippen LogP contribution in [0.4, 0.5) is 0 Å². The second-order valence-corrected chi connectivity index (χ2v) is 26.2. The molecule has 0 spiro atoms. The van der Waals surface area contributed by atoms with Crippen LogP contribution in [0.15, 0.2) is 200 Å². The van der Waals surface area contributed by atoms with Crippen LogP contribution in [0, 0.1) is 0 Å². The Morgan fingerprint density at radius 1 is 0.340 bits per heavy atom. The average Bonchev–Trinajstić information content (AvgIpc) is 3.18. The van der Waals surface area contributed by atoms with E-state index in [1.165, 1.54) is 43.0 Å². The molecule has 0 aromatic heterocycles. The monoisotopic (exact) mass is 700 g/mol. The molecule has 246 valence electrons. The van der Waals surface area contributed by atoms with E-state index >= 15 is 0 Å². The molecule has 7 rings (SSSR count). The number of rotatable bonds is 11. The third-order valence-electron chi connectivity index (χ3n) is 9.99. The van der Waals surface area contributed by atoms with E-state index < -0.39 is 22.6 Å². The van der Waals surface area contributed by atoms with E-state index in [2.05, 4.69) is 220 Å². The molecule has 0 saturated carbocycles. The largest absolute Gasteiger partial charge is 0.116 e. The van der Waals surface area contributed by atoms with Crippen molar-refractivity contribution in [1.29, 1.82) is 0 Å². The summed E-state index contributed by atoms with van der Waals surface area (Å²) in [6, 6.07) is 75.5. The molecule has 7 aromatic carbocycles. The quantitative estimate of drug-likeness (QED) is 0.0933. The first-order valence-electron chi connectivity index (χ1n) is 17.6. The van der Waals surface area contributed by atoms with Crippen LogP contribution in [0.5, 0.6) is 0 Å². The molecule has 0 radical (unpaired) electrons. The summed E-state index contributed by atoms with van der Waals surface area (Å²) in [4.78, 5) is 0. The molecular formula is C47H46P2Si+2. The zero-order valence-electron chi connectivity index (χ0n) is 29.4. The van der Waals surface area contributed by atoms with Gasteiger partial charge in [-0.05, 0) is 83.9 Å². The Kier molecular flexibility index (Phi) is 10.1. The van der Waals surface area contributed by atoms with Gasteiger partial charge in [0.15, 0.2) is 0 Å². The van der Waals surface area contributed by atoms with Crippen LogP contribution >= 0.6 is 14.5 Å². The Balaban J connectivity index is 1.43. The van der Waals surface area contributed by atoms with Crippen molar-refractivity contribution >= 4 is 59.6 Å². The van der Waals surface area contributed by atoms with E-state index in [4.69, 9.17) is 0 Å². The van der Waals surface area contributed by atoms with Crippen molar-refractivity contribution < 1.29 is 0 Å². The van der Waals surface area contributed by atoms with Gasteiger partial charge < -0.3 is 0 Å². The van der Waals surface area contributed by atoms with Gasteiger partial charge >= 0.3 is 0 Å². The highest BCUT2D eigenvalue weighted by molar-refractivity contribution is 7.95. The van der Waals surface area contributed by atoms with Crippen molar-refractivity contribution in [3.8, 4) is 0 Å². The van der Waals surface area contributed by atoms with Crippen LogP contribution in [-0.2, 0) is 12.3 Å². The van der Waals surface area contributed by atoms with Gasteiger partial charge in [0.2, 0.25) is 0 Å². The molecule has 0 N–H and O–H groups in total. The summed E-state index contributed by atoms with van der Waals surface area (Å²) in [7, 11) is -5.86. The molecule has 0 heterocycles. The van der Waals surface area contributed by atoms with Gasteiger partial charge in [-0.15, -0.1) is 0 Å². The normalized spacial score (nSPS) is 12.1. The minimum atomic E-state index is -2.04. The molecule has 0 nitrogen and oxygen atoms in total. The lowest BCUT2D eigenvalue weighted by atomic mass is 10.2. The Morgan fingerprint density at radius 3 is 0.900 bits per heavy atom. The predicted molar refractivity (Wildman–Crippen MR) is 227 cm³/mol. The average molecular weight is 701 g/mol. The van der Waals surface area contributed by atoms with Crippen LogP contribution < -0.4 is 37.0 Å². The predicted octanol–water partition coefficient (Wildman–Crippen LogP) is 9.22. The molecule has 0 amide bonds. The topological polar surface area (TPSA) is 0 Å². The van der Waals surface area contributed by atoms with E-state index in [-0.39, 0.29) is 0 Å². The lowest BCUT2D eigenvalue weighted by Gasteiger charge is -2.31. The summed E-state index contributed by atoms with van der Waals surface area (Å²) in [5, 5.41) is 10.2. The standard InChI is InChI=1S/C47H46P2Si/c1-50(2,3)47-36-39(37-48(41-22-10-4-11-23-41,42-24-12-5-13-25-42)43-26-14-6-15-27-43)34-35-40(47)38-49(44-28-16-7-17-29-44,45-30-18-8-19-31-45)46-32-20-9-21-33-46/h4-36H,37-38H2,1-3H3/q+2. The Labute approximate surface area is 301 Å². The Morgan fingerprint density at radius 2 is 0.620 bits per heavy atom. The van der Waals surface area contributed by atoms with E-state index in [1.54, 1.807) is 5.19 Å². The Bertz CT molecular complexity index is 1920. The van der Waals surface area contributed by atoms with Crippen LogP contribution in [0.3, 0.4) is 0 Å². The first kappa shape index (κ1) is 34.1. The number of benzene rings is 7. The van der Waals surface area contributed by atoms with Gasteiger partial charge in [0.1, 0.15) is 46.4 Å². The summed E-state index contributed by atoms with van der Waals surface area (Å²) in [6.45, 7) is 7.58. The molecule has 0 fully saturated rings. The van der Waals surface area contributed by atoms with Gasteiger partial charge in [0, 0.05) is 0 Å². The van der Waals surface area contributed by atoms with Gasteiger partial charge in [-0.25, -0.2) is 0 Å². The maximum atomic E-state index is 2.63. The molecule has 0 unspecified atom stereocenters. The lowest BCUT2D eigenvalue weighted by molar-refractivity contribution is 1.34. The smallest absolute Gasteiger partial charge is 0.0656 e. The van der Waals surface area contributed by atoms with E-state index in [1.807, 2.05) is 0 Å². The highest BCUT2D eigenvalue weighted by atomic mass is 31.2. The van der Waals surface area contributed by atoms with Crippen LogP contribution in [0.25, 0.3) is 0 Å². The maximum absolute atomic E-state index is 2.63. The van der Waals surface area contributed by atoms with Gasteiger partial charge in [-0.1, -0.05) is 152 Å². The first-order valence-corrected chi connectivity index (χ1v) is 25.1. The molecule has 0 bridgehead atoms. The minimum Gasteiger partial charge on any atom is -0.0656 e. The summed E-state index contributed by atoms with van der Waals surface area (Å²) >= 11 is 0. The first-order chi connectivity index (χ1) is 24.4. The SMILES string of the molecule is C[Si](C)(C)c1cc(C[P+](c2ccccc2)(c2ccccc2)c2ccccc2)ccc1C[P+](c1ccccc1)(c1ccccc1)c1ccccc1. The maximum Gasteiger partial charge on any atom is 0.116 e. The van der Waals surface area contributed by atoms with Crippen molar-refractivity contribution in [2.45, 2.75) is 32.0 Å². The number of hydrogen-bond donors (Lipinski definition) is 0. The fourth-order valence-corrected chi connectivity index (χ4v) is 18.0. The molecule has 0 aliphatic carbocycles. The third-order valence-corrected chi connectivity index (χ3v) is 20.8. The summed E-state index contributed by atoms with van der Waals surface area (Å²) in [6.07, 6.45) is 1.99. The van der Waals surface area contributed by atoms with E-state index in [0.29, 0.717) is 0 Å². The summed E-state index contributed by atoms with van der Waals surface area (Å²) < 4.78 is 0. The van der Waals surface area contributed by atoms with E-state index in [9.17, 15) is 0 Å².